The van der Waals surface area contributed by atoms with Crippen molar-refractivity contribution in [3.8, 4) is 11.3 Å². The number of amides is 1. The minimum atomic E-state index is -4.58. The van der Waals surface area contributed by atoms with Gasteiger partial charge in [0.15, 0.2) is 0 Å². The fourth-order valence-electron chi connectivity index (χ4n) is 3.23. The lowest BCUT2D eigenvalue weighted by Crippen LogP contribution is -2.18. The molecule has 0 radical (unpaired) electrons. The number of anilines is 1. The van der Waals surface area contributed by atoms with E-state index in [2.05, 4.69) is 15.4 Å². The fourth-order valence-corrected chi connectivity index (χ4v) is 3.23. The minimum Gasteiger partial charge on any atom is -0.321 e. The first-order valence-electron chi connectivity index (χ1n) is 8.81. The minimum absolute atomic E-state index is 0.0385. The maximum Gasteiger partial charge on any atom is 0.433 e. The number of carbonyl (C=O) groups is 1. The molecule has 2 aromatic heterocycles. The van der Waals surface area contributed by atoms with E-state index in [1.807, 2.05) is 30.3 Å². The molecule has 5 nitrogen and oxygen atoms in total. The highest BCUT2D eigenvalue weighted by Gasteiger charge is 2.35. The number of nitrogens with zero attached hydrogens (tertiary/aromatic N) is 3. The second-order valence-electron chi connectivity index (χ2n) is 6.76. The van der Waals surface area contributed by atoms with Crippen LogP contribution in [-0.2, 0) is 13.2 Å². The van der Waals surface area contributed by atoms with Crippen molar-refractivity contribution in [2.45, 2.75) is 24.9 Å². The topological polar surface area (TPSA) is 59.8 Å². The summed E-state index contributed by atoms with van der Waals surface area (Å²) in [5.74, 6) is -0.258. The van der Waals surface area contributed by atoms with E-state index in [0.717, 1.165) is 41.9 Å². The summed E-state index contributed by atoms with van der Waals surface area (Å²) < 4.78 is 40.1. The first-order chi connectivity index (χ1) is 13.3. The maximum atomic E-state index is 12.9. The van der Waals surface area contributed by atoms with Gasteiger partial charge in [0.1, 0.15) is 11.4 Å². The van der Waals surface area contributed by atoms with E-state index >= 15 is 0 Å². The first kappa shape index (κ1) is 18.2. The van der Waals surface area contributed by atoms with Crippen molar-refractivity contribution in [3.63, 3.8) is 0 Å². The monoisotopic (exact) mass is 386 g/mol. The van der Waals surface area contributed by atoms with Gasteiger partial charge in [0.25, 0.3) is 5.91 Å². The summed E-state index contributed by atoms with van der Waals surface area (Å²) in [5, 5.41) is 7.08. The second kappa shape index (κ2) is 6.78. The van der Waals surface area contributed by atoms with Crippen molar-refractivity contribution >= 4 is 11.6 Å². The van der Waals surface area contributed by atoms with Crippen LogP contribution in [0.3, 0.4) is 0 Å². The molecule has 1 amide bonds. The molecule has 1 fully saturated rings. The quantitative estimate of drug-likeness (QED) is 0.711. The maximum absolute atomic E-state index is 12.9. The Kier molecular flexibility index (Phi) is 4.41. The molecule has 28 heavy (non-hydrogen) atoms. The molecule has 0 bridgehead atoms. The van der Waals surface area contributed by atoms with Crippen molar-refractivity contribution in [2.24, 2.45) is 7.05 Å². The summed E-state index contributed by atoms with van der Waals surface area (Å²) in [6.45, 7) is 0. The summed E-state index contributed by atoms with van der Waals surface area (Å²) in [5.41, 5.74) is 1.84. The van der Waals surface area contributed by atoms with Crippen LogP contribution in [0.5, 0.6) is 0 Å². The molecule has 1 N–H and O–H groups in total. The Morgan fingerprint density at radius 3 is 2.54 bits per heavy atom. The number of hydrogen-bond donors (Lipinski definition) is 1. The Morgan fingerprint density at radius 2 is 1.89 bits per heavy atom. The molecular formula is C20H17F3N4O. The van der Waals surface area contributed by atoms with Crippen LogP contribution in [0.1, 0.15) is 40.5 Å². The Hall–Kier alpha value is -3.16. The molecular weight excluding hydrogens is 369 g/mol. The zero-order valence-corrected chi connectivity index (χ0v) is 15.0. The van der Waals surface area contributed by atoms with E-state index in [1.165, 1.54) is 10.7 Å². The van der Waals surface area contributed by atoms with E-state index < -0.39 is 17.8 Å². The van der Waals surface area contributed by atoms with Gasteiger partial charge in [0.2, 0.25) is 0 Å². The number of hydrogen-bond acceptors (Lipinski definition) is 3. The molecule has 144 valence electrons. The SMILES string of the molecule is Cn1nc(-c2ccccc2)c(C2CC2)c1C(=O)Nc1ccnc(C(F)(F)F)c1. The lowest BCUT2D eigenvalue weighted by atomic mass is 10.0. The van der Waals surface area contributed by atoms with E-state index in [0.29, 0.717) is 5.69 Å². The van der Waals surface area contributed by atoms with Gasteiger partial charge in [-0.2, -0.15) is 18.3 Å². The van der Waals surface area contributed by atoms with Crippen LogP contribution in [0.15, 0.2) is 48.7 Å². The Morgan fingerprint density at radius 1 is 1.18 bits per heavy atom. The second-order valence-corrected chi connectivity index (χ2v) is 6.76. The van der Waals surface area contributed by atoms with Crippen molar-refractivity contribution in [1.29, 1.82) is 0 Å². The molecule has 1 saturated carbocycles. The lowest BCUT2D eigenvalue weighted by molar-refractivity contribution is -0.141. The molecule has 0 atom stereocenters. The predicted molar refractivity (Wildman–Crippen MR) is 97.8 cm³/mol. The molecule has 1 aliphatic carbocycles. The van der Waals surface area contributed by atoms with Gasteiger partial charge in [-0.15, -0.1) is 0 Å². The van der Waals surface area contributed by atoms with Crippen LogP contribution in [0.2, 0.25) is 0 Å². The number of aromatic nitrogens is 3. The molecule has 0 saturated heterocycles. The highest BCUT2D eigenvalue weighted by Crippen LogP contribution is 2.46. The molecule has 0 unspecified atom stereocenters. The van der Waals surface area contributed by atoms with E-state index in [1.54, 1.807) is 7.05 Å². The summed E-state index contributed by atoms with van der Waals surface area (Å²) in [7, 11) is 1.67. The molecule has 0 spiro atoms. The van der Waals surface area contributed by atoms with Crippen molar-refractivity contribution in [3.05, 3.63) is 65.6 Å². The van der Waals surface area contributed by atoms with Gasteiger partial charge >= 0.3 is 6.18 Å². The van der Waals surface area contributed by atoms with Gasteiger partial charge < -0.3 is 5.32 Å². The van der Waals surface area contributed by atoms with Gasteiger partial charge in [-0.3, -0.25) is 14.5 Å². The van der Waals surface area contributed by atoms with Gasteiger partial charge in [0, 0.05) is 30.1 Å². The van der Waals surface area contributed by atoms with Gasteiger partial charge in [-0.25, -0.2) is 0 Å². The highest BCUT2D eigenvalue weighted by atomic mass is 19.4. The summed E-state index contributed by atoms with van der Waals surface area (Å²) >= 11 is 0. The summed E-state index contributed by atoms with van der Waals surface area (Å²) in [6.07, 6.45) is -1.63. The normalized spacial score (nSPS) is 14.1. The van der Waals surface area contributed by atoms with Gasteiger partial charge in [0.05, 0.1) is 5.69 Å². The number of nitrogens with one attached hydrogen (secondary N) is 1. The molecule has 4 rings (SSSR count). The molecule has 2 heterocycles. The Bertz CT molecular complexity index is 1020. The number of carbonyl (C=O) groups excluding carboxylic acids is 1. The standard InChI is InChI=1S/C20H17F3N4O/c1-27-18(19(28)25-14-9-10-24-15(11-14)20(21,22)23)16(12-7-8-12)17(26-27)13-5-3-2-4-6-13/h2-6,9-12H,7-8H2,1H3,(H,24,25,28). The zero-order chi connectivity index (χ0) is 19.9. The van der Waals surface area contributed by atoms with Crippen LogP contribution < -0.4 is 5.32 Å². The van der Waals surface area contributed by atoms with Crippen LogP contribution in [-0.4, -0.2) is 20.7 Å². The average molecular weight is 386 g/mol. The highest BCUT2D eigenvalue weighted by molar-refractivity contribution is 6.05. The zero-order valence-electron chi connectivity index (χ0n) is 15.0. The average Bonchev–Trinajstić information content (AvgIpc) is 3.44. The molecule has 3 aromatic rings. The van der Waals surface area contributed by atoms with Crippen LogP contribution >= 0.6 is 0 Å². The van der Waals surface area contributed by atoms with Crippen molar-refractivity contribution in [1.82, 2.24) is 14.8 Å². The van der Waals surface area contributed by atoms with E-state index in [9.17, 15) is 18.0 Å². The third kappa shape index (κ3) is 3.49. The largest absolute Gasteiger partial charge is 0.433 e. The predicted octanol–water partition coefficient (Wildman–Crippen LogP) is 4.63. The Balaban J connectivity index is 1.70. The van der Waals surface area contributed by atoms with E-state index in [-0.39, 0.29) is 11.6 Å². The number of alkyl halides is 3. The molecule has 1 aromatic carbocycles. The molecule has 1 aliphatic rings. The van der Waals surface area contributed by atoms with Crippen molar-refractivity contribution < 1.29 is 18.0 Å². The van der Waals surface area contributed by atoms with Gasteiger partial charge in [-0.1, -0.05) is 30.3 Å². The number of halogens is 3. The Labute approximate surface area is 159 Å². The third-order valence-electron chi connectivity index (χ3n) is 4.64. The van der Waals surface area contributed by atoms with E-state index in [4.69, 9.17) is 0 Å². The van der Waals surface area contributed by atoms with Crippen molar-refractivity contribution in [2.75, 3.05) is 5.32 Å². The lowest BCUT2D eigenvalue weighted by Gasteiger charge is -2.10. The molecule has 8 heteroatoms. The number of aryl methyl sites for hydroxylation is 1. The summed E-state index contributed by atoms with van der Waals surface area (Å²) in [6, 6.07) is 11.7. The third-order valence-corrected chi connectivity index (χ3v) is 4.64. The van der Waals surface area contributed by atoms with Gasteiger partial charge in [-0.05, 0) is 30.9 Å². The number of pyridine rings is 1. The molecule has 0 aliphatic heterocycles. The van der Waals surface area contributed by atoms with Crippen LogP contribution in [0.25, 0.3) is 11.3 Å². The number of rotatable bonds is 4. The summed E-state index contributed by atoms with van der Waals surface area (Å²) in [4.78, 5) is 16.2. The fraction of sp³-hybridized carbons (Fsp3) is 0.250. The van der Waals surface area contributed by atoms with Crippen LogP contribution in [0.4, 0.5) is 18.9 Å². The first-order valence-corrected chi connectivity index (χ1v) is 8.81. The van der Waals surface area contributed by atoms with Crippen LogP contribution in [0, 0.1) is 0 Å². The smallest absolute Gasteiger partial charge is 0.321 e. The number of benzene rings is 1.